The van der Waals surface area contributed by atoms with E-state index in [1.807, 2.05) is 31.2 Å². The van der Waals surface area contributed by atoms with E-state index in [1.165, 1.54) is 0 Å². The van der Waals surface area contributed by atoms with E-state index in [4.69, 9.17) is 4.42 Å². The predicted octanol–water partition coefficient (Wildman–Crippen LogP) is 3.36. The van der Waals surface area contributed by atoms with Crippen molar-refractivity contribution in [3.8, 4) is 0 Å². The van der Waals surface area contributed by atoms with Gasteiger partial charge in [0.05, 0.1) is 4.83 Å². The van der Waals surface area contributed by atoms with Crippen molar-refractivity contribution in [2.45, 2.75) is 18.2 Å². The third kappa shape index (κ3) is 2.32. The molecule has 19 heavy (non-hydrogen) atoms. The molecule has 1 aromatic carbocycles. The molecule has 0 fully saturated rings. The largest absolute Gasteiger partial charge is 0.465 e. The van der Waals surface area contributed by atoms with Gasteiger partial charge in [-0.15, -0.1) is 0 Å². The number of carbonyl (C=O) groups is 1. The molecule has 0 spiro atoms. The van der Waals surface area contributed by atoms with Crippen LogP contribution in [0, 0.1) is 6.92 Å². The monoisotopic (exact) mass is 319 g/mol. The van der Waals surface area contributed by atoms with Crippen molar-refractivity contribution in [1.82, 2.24) is 5.32 Å². The molecule has 3 rings (SSSR count). The molecule has 4 heteroatoms. The Hall–Kier alpha value is -1.55. The van der Waals surface area contributed by atoms with Gasteiger partial charge in [-0.05, 0) is 42.7 Å². The molecule has 2 aromatic rings. The van der Waals surface area contributed by atoms with Gasteiger partial charge in [0.1, 0.15) is 11.5 Å². The zero-order valence-corrected chi connectivity index (χ0v) is 12.2. The Morgan fingerprint density at radius 2 is 2.16 bits per heavy atom. The van der Waals surface area contributed by atoms with E-state index < -0.39 is 0 Å². The maximum absolute atomic E-state index is 11.9. The van der Waals surface area contributed by atoms with Crippen LogP contribution in [0.15, 0.2) is 34.7 Å². The van der Waals surface area contributed by atoms with Crippen molar-refractivity contribution in [1.29, 1.82) is 0 Å². The number of benzene rings is 1. The fourth-order valence-corrected chi connectivity index (χ4v) is 2.87. The number of hydrogen-bond acceptors (Lipinski definition) is 2. The van der Waals surface area contributed by atoms with Crippen LogP contribution in [-0.2, 0) is 6.42 Å². The Labute approximate surface area is 120 Å². The zero-order chi connectivity index (χ0) is 13.4. The molecule has 0 bridgehead atoms. The summed E-state index contributed by atoms with van der Waals surface area (Å²) >= 11 is 3.63. The zero-order valence-electron chi connectivity index (χ0n) is 10.6. The summed E-state index contributed by atoms with van der Waals surface area (Å²) < 4.78 is 5.62. The van der Waals surface area contributed by atoms with E-state index in [9.17, 15) is 4.79 Å². The van der Waals surface area contributed by atoms with Crippen molar-refractivity contribution < 1.29 is 9.21 Å². The van der Waals surface area contributed by atoms with Crippen LogP contribution in [0.25, 0.3) is 0 Å². The number of alkyl halides is 1. The lowest BCUT2D eigenvalue weighted by atomic mass is 9.96. The quantitative estimate of drug-likeness (QED) is 0.862. The topological polar surface area (TPSA) is 42.2 Å². The van der Waals surface area contributed by atoms with E-state index in [0.29, 0.717) is 0 Å². The molecule has 1 aromatic heterocycles. The van der Waals surface area contributed by atoms with Gasteiger partial charge in [-0.2, -0.15) is 0 Å². The highest BCUT2D eigenvalue weighted by Crippen LogP contribution is 2.33. The average Bonchev–Trinajstić information content (AvgIpc) is 2.85. The van der Waals surface area contributed by atoms with Crippen LogP contribution in [0.5, 0.6) is 0 Å². The summed E-state index contributed by atoms with van der Waals surface area (Å²) in [6.45, 7) is 2.64. The molecule has 0 radical (unpaired) electrons. The standard InChI is InChI=1S/C15H14BrNO2/c1-9-2-5-13(19-9)14(16)11-4-3-10-6-7-17-15(18)12(10)8-11/h2-5,8,14H,6-7H2,1H3,(H,17,18). The normalized spacial score (nSPS) is 15.8. The summed E-state index contributed by atoms with van der Waals surface area (Å²) in [5, 5.41) is 2.87. The van der Waals surface area contributed by atoms with E-state index in [2.05, 4.69) is 27.3 Å². The van der Waals surface area contributed by atoms with Crippen LogP contribution in [0.2, 0.25) is 0 Å². The van der Waals surface area contributed by atoms with Crippen molar-refractivity contribution in [3.63, 3.8) is 0 Å². The van der Waals surface area contributed by atoms with Gasteiger partial charge >= 0.3 is 0 Å². The third-order valence-corrected chi connectivity index (χ3v) is 4.34. The Morgan fingerprint density at radius 3 is 2.89 bits per heavy atom. The lowest BCUT2D eigenvalue weighted by molar-refractivity contribution is 0.0946. The fraction of sp³-hybridized carbons (Fsp3) is 0.267. The first-order valence-corrected chi connectivity index (χ1v) is 7.18. The molecule has 1 amide bonds. The number of furan rings is 1. The van der Waals surface area contributed by atoms with Gasteiger partial charge in [0.15, 0.2) is 0 Å². The molecule has 1 aliphatic heterocycles. The molecule has 2 heterocycles. The van der Waals surface area contributed by atoms with E-state index >= 15 is 0 Å². The minimum Gasteiger partial charge on any atom is -0.465 e. The number of rotatable bonds is 2. The van der Waals surface area contributed by atoms with Crippen LogP contribution in [-0.4, -0.2) is 12.5 Å². The molecule has 1 unspecified atom stereocenters. The number of carbonyl (C=O) groups excluding carboxylic acids is 1. The van der Waals surface area contributed by atoms with E-state index in [1.54, 1.807) is 0 Å². The smallest absolute Gasteiger partial charge is 0.251 e. The number of fused-ring (bicyclic) bond motifs is 1. The molecule has 3 nitrogen and oxygen atoms in total. The molecular formula is C15H14BrNO2. The molecule has 1 aliphatic rings. The first-order chi connectivity index (χ1) is 9.15. The van der Waals surface area contributed by atoms with Crippen LogP contribution in [0.3, 0.4) is 0 Å². The van der Waals surface area contributed by atoms with Crippen molar-refractivity contribution in [2.75, 3.05) is 6.54 Å². The molecule has 98 valence electrons. The van der Waals surface area contributed by atoms with Gasteiger partial charge < -0.3 is 9.73 Å². The van der Waals surface area contributed by atoms with E-state index in [0.717, 1.165) is 41.2 Å². The Kier molecular flexibility index (Phi) is 3.19. The van der Waals surface area contributed by atoms with Crippen LogP contribution < -0.4 is 5.32 Å². The number of amides is 1. The highest BCUT2D eigenvalue weighted by molar-refractivity contribution is 9.09. The Bertz CT molecular complexity index is 633. The average molecular weight is 320 g/mol. The van der Waals surface area contributed by atoms with Gasteiger partial charge in [0, 0.05) is 12.1 Å². The lowest BCUT2D eigenvalue weighted by Gasteiger charge is -2.18. The van der Waals surface area contributed by atoms with Gasteiger partial charge in [0.2, 0.25) is 0 Å². The molecule has 1 atom stereocenters. The summed E-state index contributed by atoms with van der Waals surface area (Å²) in [5.74, 6) is 1.75. The molecular weight excluding hydrogens is 306 g/mol. The third-order valence-electron chi connectivity index (χ3n) is 3.36. The van der Waals surface area contributed by atoms with Crippen molar-refractivity contribution >= 4 is 21.8 Å². The van der Waals surface area contributed by atoms with Crippen molar-refractivity contribution in [2.24, 2.45) is 0 Å². The maximum Gasteiger partial charge on any atom is 0.251 e. The van der Waals surface area contributed by atoms with Gasteiger partial charge in [-0.3, -0.25) is 4.79 Å². The summed E-state index contributed by atoms with van der Waals surface area (Å²) in [7, 11) is 0. The minimum absolute atomic E-state index is 0.0124. The molecule has 0 aliphatic carbocycles. The molecule has 1 N–H and O–H groups in total. The second kappa shape index (κ2) is 4.85. The predicted molar refractivity (Wildman–Crippen MR) is 76.7 cm³/mol. The second-order valence-electron chi connectivity index (χ2n) is 4.73. The van der Waals surface area contributed by atoms with Crippen LogP contribution in [0.4, 0.5) is 0 Å². The fourth-order valence-electron chi connectivity index (χ4n) is 2.34. The second-order valence-corrected chi connectivity index (χ2v) is 5.65. The summed E-state index contributed by atoms with van der Waals surface area (Å²) in [4.78, 5) is 11.8. The van der Waals surface area contributed by atoms with E-state index in [-0.39, 0.29) is 10.7 Å². The summed E-state index contributed by atoms with van der Waals surface area (Å²) in [5.41, 5.74) is 2.92. The molecule has 0 saturated heterocycles. The van der Waals surface area contributed by atoms with Gasteiger partial charge in [-0.25, -0.2) is 0 Å². The molecule has 0 saturated carbocycles. The van der Waals surface area contributed by atoms with Gasteiger partial charge in [-0.1, -0.05) is 28.1 Å². The van der Waals surface area contributed by atoms with Crippen LogP contribution >= 0.6 is 15.9 Å². The number of halogens is 1. The Morgan fingerprint density at radius 1 is 1.32 bits per heavy atom. The highest BCUT2D eigenvalue weighted by atomic mass is 79.9. The van der Waals surface area contributed by atoms with Crippen LogP contribution in [0.1, 0.15) is 37.8 Å². The summed E-state index contributed by atoms with van der Waals surface area (Å²) in [6.07, 6.45) is 0.897. The minimum atomic E-state index is -0.0266. The number of hydrogen-bond donors (Lipinski definition) is 1. The van der Waals surface area contributed by atoms with Gasteiger partial charge in [0.25, 0.3) is 5.91 Å². The summed E-state index contributed by atoms with van der Waals surface area (Å²) in [6, 6.07) is 9.92. The highest BCUT2D eigenvalue weighted by Gasteiger charge is 2.20. The number of aryl methyl sites for hydroxylation is 1. The van der Waals surface area contributed by atoms with Crippen molar-refractivity contribution in [3.05, 3.63) is 58.5 Å². The number of nitrogens with one attached hydrogen (secondary N) is 1. The first kappa shape index (κ1) is 12.5. The Balaban J connectivity index is 1.97. The maximum atomic E-state index is 11.9. The lowest BCUT2D eigenvalue weighted by Crippen LogP contribution is -2.31. The SMILES string of the molecule is Cc1ccc(C(Br)c2ccc3c(c2)C(=O)NCC3)o1. The first-order valence-electron chi connectivity index (χ1n) is 6.26.